The van der Waals surface area contributed by atoms with E-state index in [9.17, 15) is 0 Å². The zero-order valence-electron chi connectivity index (χ0n) is 8.07. The summed E-state index contributed by atoms with van der Waals surface area (Å²) in [5, 5.41) is 7.96. The first-order valence-electron chi connectivity index (χ1n) is 4.29. The molecule has 66 valence electrons. The highest BCUT2D eigenvalue weighted by Crippen LogP contribution is 2.01. The molecule has 0 aromatic rings. The maximum atomic E-state index is 3.23. The lowest BCUT2D eigenvalue weighted by Crippen LogP contribution is -2.25. The van der Waals surface area contributed by atoms with Gasteiger partial charge in [0.25, 0.3) is 0 Å². The molecule has 0 aromatic carbocycles. The van der Waals surface area contributed by atoms with Crippen LogP contribution in [0.25, 0.3) is 0 Å². The van der Waals surface area contributed by atoms with Gasteiger partial charge in [-0.2, -0.15) is 0 Å². The topological polar surface area (TPSA) is 24.1 Å². The van der Waals surface area contributed by atoms with Crippen LogP contribution in [0, 0.1) is 5.92 Å². The molecule has 0 saturated carbocycles. The quantitative estimate of drug-likeness (QED) is 0.347. The van der Waals surface area contributed by atoms with Gasteiger partial charge in [0.05, 0.1) is 6.67 Å². The van der Waals surface area contributed by atoms with Gasteiger partial charge in [0.15, 0.2) is 0 Å². The smallest absolute Gasteiger partial charge is 0.0647 e. The highest BCUT2D eigenvalue weighted by Gasteiger charge is 1.93. The van der Waals surface area contributed by atoms with E-state index in [1.807, 2.05) is 0 Å². The molecule has 0 bridgehead atoms. The Balaban J connectivity index is 3.40. The average Bonchev–Trinajstić information content (AvgIpc) is 1.97. The van der Waals surface area contributed by atoms with Crippen LogP contribution in [0.4, 0.5) is 0 Å². The van der Waals surface area contributed by atoms with Gasteiger partial charge in [-0.25, -0.2) is 0 Å². The number of rotatable bonds is 5. The van der Waals surface area contributed by atoms with Gasteiger partial charge in [-0.15, -0.1) is 0 Å². The molecule has 0 aliphatic heterocycles. The lowest BCUT2D eigenvalue weighted by Gasteiger charge is -2.06. The number of hydrogen-bond donors (Lipinski definition) is 2. The summed E-state index contributed by atoms with van der Waals surface area (Å²) < 4.78 is 0. The Labute approximate surface area is 72.9 Å². The first-order valence-corrected chi connectivity index (χ1v) is 5.29. The van der Waals surface area contributed by atoms with Gasteiger partial charge in [-0.05, 0) is 18.7 Å². The van der Waals surface area contributed by atoms with Crippen LogP contribution in [0.3, 0.4) is 0 Å². The summed E-state index contributed by atoms with van der Waals surface area (Å²) in [5.41, 5.74) is 0. The number of nitrogens with one attached hydrogen (secondary N) is 2. The summed E-state index contributed by atoms with van der Waals surface area (Å²) in [6.07, 6.45) is 2.14. The van der Waals surface area contributed by atoms with Crippen LogP contribution < -0.4 is 10.6 Å². The van der Waals surface area contributed by atoms with Crippen LogP contribution >= 0.6 is 0 Å². The minimum atomic E-state index is 0.704. The van der Waals surface area contributed by atoms with E-state index >= 15 is 0 Å². The summed E-state index contributed by atoms with van der Waals surface area (Å²) in [7, 11) is 1.16. The first-order chi connectivity index (χ1) is 5.18. The Hall–Kier alpha value is -0.283. The fourth-order valence-electron chi connectivity index (χ4n) is 0.576. The lowest BCUT2D eigenvalue weighted by atomic mass is 10.2. The first kappa shape index (κ1) is 10.7. The number of hydrogen-bond acceptors (Lipinski definition) is 2. The van der Waals surface area contributed by atoms with Crippen molar-refractivity contribution < 1.29 is 0 Å². The summed E-state index contributed by atoms with van der Waals surface area (Å²) in [6.45, 7) is 8.48. The fraction of sp³-hybridized carbons (Fsp3) is 0.750. The predicted molar refractivity (Wildman–Crippen MR) is 54.5 cm³/mol. The van der Waals surface area contributed by atoms with Crippen molar-refractivity contribution in [2.75, 3.05) is 13.2 Å². The molecular weight excluding hydrogens is 152 g/mol. The molecule has 0 aromatic heterocycles. The Morgan fingerprint density at radius 3 is 2.64 bits per heavy atom. The molecular formula is C8H20N2Si. The van der Waals surface area contributed by atoms with Crippen molar-refractivity contribution in [3.63, 3.8) is 0 Å². The van der Waals surface area contributed by atoms with Gasteiger partial charge >= 0.3 is 0 Å². The van der Waals surface area contributed by atoms with E-state index in [1.54, 1.807) is 0 Å². The molecule has 0 aliphatic carbocycles. The second kappa shape index (κ2) is 6.43. The monoisotopic (exact) mass is 172 g/mol. The van der Waals surface area contributed by atoms with Crippen LogP contribution in [-0.4, -0.2) is 23.5 Å². The minimum Gasteiger partial charge on any atom is -0.379 e. The molecule has 0 aliphatic rings. The third kappa shape index (κ3) is 6.13. The molecule has 11 heavy (non-hydrogen) atoms. The Kier molecular flexibility index (Phi) is 6.26. The minimum absolute atomic E-state index is 0.704. The lowest BCUT2D eigenvalue weighted by molar-refractivity contribution is 0.669. The molecule has 0 amide bonds. The second-order valence-electron chi connectivity index (χ2n) is 3.03. The van der Waals surface area contributed by atoms with Gasteiger partial charge in [0.2, 0.25) is 0 Å². The summed E-state index contributed by atoms with van der Waals surface area (Å²) in [5.74, 6) is 0.704. The van der Waals surface area contributed by atoms with E-state index < -0.39 is 0 Å². The molecule has 2 N–H and O–H groups in total. The Morgan fingerprint density at radius 2 is 2.18 bits per heavy atom. The van der Waals surface area contributed by atoms with Crippen molar-refractivity contribution >= 4 is 10.2 Å². The summed E-state index contributed by atoms with van der Waals surface area (Å²) >= 11 is 0. The van der Waals surface area contributed by atoms with Gasteiger partial charge in [-0.3, -0.25) is 0 Å². The maximum absolute atomic E-state index is 3.23. The Morgan fingerprint density at radius 1 is 1.55 bits per heavy atom. The molecule has 0 radical (unpaired) electrons. The SMILES string of the molecule is CCNCNC=C([SiH3])C(C)C. The van der Waals surface area contributed by atoms with Crippen molar-refractivity contribution in [1.82, 2.24) is 10.6 Å². The van der Waals surface area contributed by atoms with Crippen LogP contribution in [0.1, 0.15) is 20.8 Å². The molecule has 0 spiro atoms. The van der Waals surface area contributed by atoms with Crippen molar-refractivity contribution in [3.8, 4) is 0 Å². The molecule has 0 atom stereocenters. The zero-order chi connectivity index (χ0) is 8.69. The van der Waals surface area contributed by atoms with Crippen molar-refractivity contribution in [2.45, 2.75) is 20.8 Å². The highest BCUT2D eigenvalue weighted by atomic mass is 28.1. The summed E-state index contributed by atoms with van der Waals surface area (Å²) in [4.78, 5) is 0. The van der Waals surface area contributed by atoms with Crippen LogP contribution in [0.2, 0.25) is 0 Å². The van der Waals surface area contributed by atoms with Gasteiger partial charge < -0.3 is 10.6 Å². The molecule has 0 unspecified atom stereocenters. The molecule has 3 heteroatoms. The van der Waals surface area contributed by atoms with Gasteiger partial charge in [0.1, 0.15) is 0 Å². The fourth-order valence-corrected chi connectivity index (χ4v) is 0.780. The van der Waals surface area contributed by atoms with Crippen LogP contribution in [0.15, 0.2) is 11.4 Å². The zero-order valence-corrected chi connectivity index (χ0v) is 10.1. The largest absolute Gasteiger partial charge is 0.379 e. The summed E-state index contributed by atoms with van der Waals surface area (Å²) in [6, 6.07) is 0. The van der Waals surface area contributed by atoms with E-state index in [0.717, 1.165) is 23.5 Å². The normalized spacial score (nSPS) is 12.5. The molecule has 0 heterocycles. The van der Waals surface area contributed by atoms with E-state index in [4.69, 9.17) is 0 Å². The molecule has 0 fully saturated rings. The van der Waals surface area contributed by atoms with Crippen molar-refractivity contribution in [3.05, 3.63) is 11.4 Å². The molecule has 0 saturated heterocycles. The van der Waals surface area contributed by atoms with E-state index in [0.29, 0.717) is 5.92 Å². The van der Waals surface area contributed by atoms with Crippen LogP contribution in [-0.2, 0) is 0 Å². The molecule has 2 nitrogen and oxygen atoms in total. The van der Waals surface area contributed by atoms with Crippen LogP contribution in [0.5, 0.6) is 0 Å². The van der Waals surface area contributed by atoms with E-state index in [-0.39, 0.29) is 0 Å². The van der Waals surface area contributed by atoms with E-state index in [2.05, 4.69) is 37.6 Å². The van der Waals surface area contributed by atoms with Crippen molar-refractivity contribution in [2.24, 2.45) is 5.92 Å². The second-order valence-corrected chi connectivity index (χ2v) is 4.18. The maximum Gasteiger partial charge on any atom is 0.0647 e. The predicted octanol–water partition coefficient (Wildman–Crippen LogP) is 0.00580. The number of allylic oxidation sites excluding steroid dienone is 1. The van der Waals surface area contributed by atoms with Gasteiger partial charge in [-0.1, -0.05) is 26.0 Å². The standard InChI is InChI=1S/C8H20N2Si/c1-4-9-6-10-5-8(11)7(2)3/h5,7,9-10H,4,6H2,1-3,11H3. The third-order valence-corrected chi connectivity index (χ3v) is 3.16. The Bertz CT molecular complexity index is 121. The van der Waals surface area contributed by atoms with Crippen molar-refractivity contribution in [1.29, 1.82) is 0 Å². The van der Waals surface area contributed by atoms with Gasteiger partial charge in [0, 0.05) is 10.2 Å². The molecule has 0 rings (SSSR count). The average molecular weight is 172 g/mol. The highest BCUT2D eigenvalue weighted by molar-refractivity contribution is 6.21. The third-order valence-electron chi connectivity index (χ3n) is 1.72. The van der Waals surface area contributed by atoms with E-state index in [1.165, 1.54) is 5.20 Å².